The number of fused-ring (bicyclic) bond motifs is 1. The van der Waals surface area contributed by atoms with Gasteiger partial charge in [0.2, 0.25) is 0 Å². The summed E-state index contributed by atoms with van der Waals surface area (Å²) in [5.41, 5.74) is 7.49. The average Bonchev–Trinajstić information content (AvgIpc) is 3.10. The molecule has 3 atom stereocenters. The lowest BCUT2D eigenvalue weighted by Gasteiger charge is -2.31. The number of hydrogen-bond donors (Lipinski definition) is 3. The third-order valence-electron chi connectivity index (χ3n) is 5.57. The number of carbonyl (C=O) groups excluding carboxylic acids is 1. The number of hydrogen-bond acceptors (Lipinski definition) is 4. The highest BCUT2D eigenvalue weighted by Gasteiger charge is 2.30. The molecule has 132 valence electrons. The molecule has 0 radical (unpaired) electrons. The summed E-state index contributed by atoms with van der Waals surface area (Å²) in [6.07, 6.45) is 8.56. The summed E-state index contributed by atoms with van der Waals surface area (Å²) < 4.78 is 0. The molecular formula is C20H25N3OS. The van der Waals surface area contributed by atoms with Crippen molar-refractivity contribution in [2.75, 3.05) is 11.9 Å². The Morgan fingerprint density at radius 3 is 2.88 bits per heavy atom. The van der Waals surface area contributed by atoms with Crippen LogP contribution in [0.5, 0.6) is 0 Å². The molecular weight excluding hydrogens is 330 g/mol. The second-order valence-electron chi connectivity index (χ2n) is 7.29. The molecule has 5 heteroatoms. The molecule has 0 saturated heterocycles. The predicted molar refractivity (Wildman–Crippen MR) is 104 cm³/mol. The minimum Gasteiger partial charge on any atom is -0.340 e. The largest absolute Gasteiger partial charge is 0.340 e. The summed E-state index contributed by atoms with van der Waals surface area (Å²) >= 11 is 1.73. The van der Waals surface area contributed by atoms with Crippen LogP contribution in [0.25, 0.3) is 0 Å². The summed E-state index contributed by atoms with van der Waals surface area (Å²) in [5.74, 6) is 2.64. The molecule has 0 aromatic heterocycles. The van der Waals surface area contributed by atoms with Crippen LogP contribution < -0.4 is 16.4 Å². The molecule has 2 heterocycles. The van der Waals surface area contributed by atoms with Crippen LogP contribution in [-0.2, 0) is 0 Å². The van der Waals surface area contributed by atoms with E-state index in [1.807, 2.05) is 24.3 Å². The second kappa shape index (κ2) is 7.26. The van der Waals surface area contributed by atoms with Crippen molar-refractivity contribution in [2.24, 2.45) is 23.5 Å². The fourth-order valence-electron chi connectivity index (χ4n) is 4.26. The third-order valence-corrected chi connectivity index (χ3v) is 6.62. The molecule has 1 saturated carbocycles. The van der Waals surface area contributed by atoms with E-state index in [9.17, 15) is 4.79 Å². The summed E-state index contributed by atoms with van der Waals surface area (Å²) in [6.45, 7) is 0.814. The molecule has 1 aromatic carbocycles. The van der Waals surface area contributed by atoms with Gasteiger partial charge in [-0.3, -0.25) is 4.79 Å². The molecule has 4 nitrogen and oxygen atoms in total. The van der Waals surface area contributed by atoms with Gasteiger partial charge in [0.25, 0.3) is 5.91 Å². The van der Waals surface area contributed by atoms with Crippen LogP contribution in [0.2, 0.25) is 0 Å². The van der Waals surface area contributed by atoms with E-state index < -0.39 is 0 Å². The highest BCUT2D eigenvalue weighted by Crippen LogP contribution is 2.43. The van der Waals surface area contributed by atoms with E-state index in [2.05, 4.69) is 22.1 Å². The van der Waals surface area contributed by atoms with Crippen LogP contribution in [0.1, 0.15) is 42.5 Å². The van der Waals surface area contributed by atoms with E-state index in [1.165, 1.54) is 30.6 Å². The molecule has 2 aliphatic heterocycles. The third kappa shape index (κ3) is 3.48. The Balaban J connectivity index is 1.52. The number of anilines is 1. The van der Waals surface area contributed by atoms with Crippen molar-refractivity contribution in [2.45, 2.75) is 32.1 Å². The maximum atomic E-state index is 12.4. The molecule has 1 amide bonds. The second-order valence-corrected chi connectivity index (χ2v) is 8.23. The Morgan fingerprint density at radius 2 is 2.00 bits per heavy atom. The normalized spacial score (nSPS) is 31.4. The number of amides is 1. The Hall–Kier alpha value is -1.72. The van der Waals surface area contributed by atoms with Gasteiger partial charge in [-0.1, -0.05) is 42.8 Å². The number of rotatable bonds is 3. The van der Waals surface area contributed by atoms with Gasteiger partial charge >= 0.3 is 0 Å². The van der Waals surface area contributed by atoms with Gasteiger partial charge in [0.15, 0.2) is 0 Å². The smallest absolute Gasteiger partial charge is 0.258 e. The van der Waals surface area contributed by atoms with E-state index in [-0.39, 0.29) is 5.91 Å². The van der Waals surface area contributed by atoms with Gasteiger partial charge in [0, 0.05) is 10.8 Å². The van der Waals surface area contributed by atoms with Crippen molar-refractivity contribution in [3.05, 3.63) is 52.0 Å². The fourth-order valence-corrected chi connectivity index (χ4v) is 5.25. The molecule has 0 spiro atoms. The summed E-state index contributed by atoms with van der Waals surface area (Å²) in [6, 6.07) is 7.67. The summed E-state index contributed by atoms with van der Waals surface area (Å²) in [5, 5.41) is 8.63. The van der Waals surface area contributed by atoms with Gasteiger partial charge in [-0.15, -0.1) is 0 Å². The molecule has 3 unspecified atom stereocenters. The van der Waals surface area contributed by atoms with Crippen molar-refractivity contribution in [3.63, 3.8) is 0 Å². The highest BCUT2D eigenvalue weighted by atomic mass is 32.2. The van der Waals surface area contributed by atoms with Crippen molar-refractivity contribution >= 4 is 23.4 Å². The van der Waals surface area contributed by atoms with Gasteiger partial charge in [0.05, 0.1) is 11.3 Å². The molecule has 1 aromatic rings. The van der Waals surface area contributed by atoms with Crippen molar-refractivity contribution in [1.29, 1.82) is 0 Å². The van der Waals surface area contributed by atoms with E-state index in [1.54, 1.807) is 11.8 Å². The maximum absolute atomic E-state index is 12.4. The van der Waals surface area contributed by atoms with E-state index in [4.69, 9.17) is 5.73 Å². The predicted octanol–water partition coefficient (Wildman–Crippen LogP) is 4.04. The van der Waals surface area contributed by atoms with Gasteiger partial charge in [-0.25, -0.2) is 0 Å². The summed E-state index contributed by atoms with van der Waals surface area (Å²) in [4.78, 5) is 13.6. The zero-order valence-corrected chi connectivity index (χ0v) is 15.1. The van der Waals surface area contributed by atoms with Crippen LogP contribution >= 0.6 is 11.8 Å². The lowest BCUT2D eigenvalue weighted by molar-refractivity contribution is 0.0963. The standard InChI is InChI=1S/C20H25N3OS/c21-12-14-5-3-4-13(10-14)11-15-8-9-25-18(15)19-22-17-7-2-1-6-16(17)20(24)23-19/h1-2,6-9,13-15,22H,3-5,10-12,21H2,(H,23,24). The van der Waals surface area contributed by atoms with Gasteiger partial charge in [-0.2, -0.15) is 0 Å². The zero-order chi connectivity index (χ0) is 17.2. The maximum Gasteiger partial charge on any atom is 0.258 e. The Kier molecular flexibility index (Phi) is 4.86. The number of carbonyl (C=O) groups is 1. The number of para-hydroxylation sites is 1. The average molecular weight is 356 g/mol. The number of nitrogens with one attached hydrogen (secondary N) is 2. The molecule has 1 aliphatic carbocycles. The first-order valence-electron chi connectivity index (χ1n) is 9.19. The first-order valence-corrected chi connectivity index (χ1v) is 10.1. The van der Waals surface area contributed by atoms with Crippen molar-refractivity contribution in [1.82, 2.24) is 5.32 Å². The first-order chi connectivity index (χ1) is 12.2. The van der Waals surface area contributed by atoms with Gasteiger partial charge in [0.1, 0.15) is 5.82 Å². The molecule has 4 rings (SSSR count). The van der Waals surface area contributed by atoms with Crippen LogP contribution in [0.4, 0.5) is 5.69 Å². The molecule has 4 N–H and O–H groups in total. The van der Waals surface area contributed by atoms with Crippen LogP contribution in [0, 0.1) is 17.8 Å². The quantitative estimate of drug-likeness (QED) is 0.765. The van der Waals surface area contributed by atoms with Gasteiger partial charge in [-0.05, 0) is 55.2 Å². The highest BCUT2D eigenvalue weighted by molar-refractivity contribution is 8.06. The van der Waals surface area contributed by atoms with Crippen molar-refractivity contribution in [3.8, 4) is 0 Å². The van der Waals surface area contributed by atoms with Gasteiger partial charge < -0.3 is 16.4 Å². The zero-order valence-electron chi connectivity index (χ0n) is 14.3. The fraction of sp³-hybridized carbons (Fsp3) is 0.450. The Labute approximate surface area is 153 Å². The minimum atomic E-state index is -0.0241. The van der Waals surface area contributed by atoms with E-state index in [0.29, 0.717) is 17.4 Å². The van der Waals surface area contributed by atoms with Crippen LogP contribution in [0.3, 0.4) is 0 Å². The van der Waals surface area contributed by atoms with E-state index in [0.717, 1.165) is 30.4 Å². The molecule has 0 bridgehead atoms. The van der Waals surface area contributed by atoms with Crippen molar-refractivity contribution < 1.29 is 4.79 Å². The number of thioether (sulfide) groups is 1. The SMILES string of the molecule is NCC1CCCC(CC2C=CSC2=C2NC(=O)c3ccccc3N2)C1. The molecule has 1 fully saturated rings. The number of allylic oxidation sites excluding steroid dienone is 2. The monoisotopic (exact) mass is 355 g/mol. The first kappa shape index (κ1) is 16.7. The topological polar surface area (TPSA) is 67.1 Å². The molecule has 3 aliphatic rings. The summed E-state index contributed by atoms with van der Waals surface area (Å²) in [7, 11) is 0. The van der Waals surface area contributed by atoms with Crippen LogP contribution in [0.15, 0.2) is 46.5 Å². The number of nitrogens with two attached hydrogens (primary N) is 1. The number of benzene rings is 1. The van der Waals surface area contributed by atoms with Crippen LogP contribution in [-0.4, -0.2) is 12.5 Å². The lowest BCUT2D eigenvalue weighted by Crippen LogP contribution is -2.34. The Morgan fingerprint density at radius 1 is 1.16 bits per heavy atom. The Bertz CT molecular complexity index is 727. The minimum absolute atomic E-state index is 0.0241. The lowest BCUT2D eigenvalue weighted by atomic mass is 9.77. The van der Waals surface area contributed by atoms with E-state index >= 15 is 0 Å². The molecule has 25 heavy (non-hydrogen) atoms.